The van der Waals surface area contributed by atoms with Crippen molar-refractivity contribution >= 4 is 23.7 Å². The molecule has 0 saturated heterocycles. The van der Waals surface area contributed by atoms with Gasteiger partial charge in [-0.15, -0.1) is 0 Å². The van der Waals surface area contributed by atoms with Crippen molar-refractivity contribution < 1.29 is 33.4 Å². The zero-order valence-electron chi connectivity index (χ0n) is 10.6. The molecule has 1 unspecified atom stereocenters. The number of carbonyl (C=O) groups is 3. The Kier molecular flexibility index (Phi) is 5.58. The van der Waals surface area contributed by atoms with Gasteiger partial charge in [0.05, 0.1) is 5.69 Å². The third-order valence-electron chi connectivity index (χ3n) is 2.43. The van der Waals surface area contributed by atoms with Gasteiger partial charge in [-0.1, -0.05) is 0 Å². The van der Waals surface area contributed by atoms with E-state index in [-0.39, 0.29) is 6.42 Å². The molecule has 0 aromatic heterocycles. The first kappa shape index (κ1) is 16.3. The van der Waals surface area contributed by atoms with Gasteiger partial charge in [-0.2, -0.15) is 0 Å². The molecule has 9 heteroatoms. The minimum atomic E-state index is -1.46. The van der Waals surface area contributed by atoms with Gasteiger partial charge < -0.3 is 20.8 Å². The summed E-state index contributed by atoms with van der Waals surface area (Å²) in [7, 11) is 0. The van der Waals surface area contributed by atoms with E-state index in [2.05, 4.69) is 0 Å². The quantitative estimate of drug-likeness (QED) is 0.634. The highest BCUT2D eigenvalue weighted by atomic mass is 19.1. The molecule has 0 fully saturated rings. The molecule has 0 bridgehead atoms. The molecule has 0 radical (unpaired) electrons. The first-order valence-electron chi connectivity index (χ1n) is 5.76. The fraction of sp³-hybridized carbons (Fsp3) is 0.250. The second-order valence-electron chi connectivity index (χ2n) is 4.05. The number of rotatable bonds is 6. The Labute approximate surface area is 117 Å². The Hall–Kier alpha value is -2.71. The first-order chi connectivity index (χ1) is 9.79. The van der Waals surface area contributed by atoms with Gasteiger partial charge in [0.25, 0.3) is 0 Å². The number of anilines is 1. The zero-order valence-corrected chi connectivity index (χ0v) is 10.6. The third-order valence-corrected chi connectivity index (χ3v) is 2.43. The van der Waals surface area contributed by atoms with Crippen molar-refractivity contribution in [1.82, 2.24) is 5.32 Å². The van der Waals surface area contributed by atoms with Crippen LogP contribution in [0.3, 0.4) is 0 Å². The molecule has 1 rings (SSSR count). The lowest BCUT2D eigenvalue weighted by molar-refractivity contribution is -0.140. The van der Waals surface area contributed by atoms with Crippen LogP contribution in [0.25, 0.3) is 0 Å². The van der Waals surface area contributed by atoms with Crippen molar-refractivity contribution in [1.29, 1.82) is 0 Å². The van der Waals surface area contributed by atoms with Gasteiger partial charge in [0, 0.05) is 12.5 Å². The molecule has 0 aliphatic heterocycles. The molecule has 2 amide bonds. The Bertz CT molecular complexity index is 565. The van der Waals surface area contributed by atoms with Crippen molar-refractivity contribution in [3.63, 3.8) is 0 Å². The summed E-state index contributed by atoms with van der Waals surface area (Å²) in [6.45, 7) is 0. The normalized spacial score (nSPS) is 11.5. The third kappa shape index (κ3) is 5.43. The van der Waals surface area contributed by atoms with E-state index in [1.807, 2.05) is 10.6 Å². The van der Waals surface area contributed by atoms with Crippen LogP contribution >= 0.6 is 0 Å². The maximum absolute atomic E-state index is 13.3. The molecule has 0 aliphatic rings. The van der Waals surface area contributed by atoms with Crippen molar-refractivity contribution in [3.05, 3.63) is 29.8 Å². The molecule has 114 valence electrons. The lowest BCUT2D eigenvalue weighted by atomic mass is 10.1. The predicted molar refractivity (Wildman–Crippen MR) is 66.8 cm³/mol. The van der Waals surface area contributed by atoms with Crippen LogP contribution in [0.1, 0.15) is 12.8 Å². The van der Waals surface area contributed by atoms with E-state index in [0.717, 1.165) is 18.2 Å². The standard InChI is InChI=1S/C12H12F2N2O5/c13-6-1-2-7(14)9(5-6)16-12(21)15-8(11(19)20)3-4-10(17)18/h1-2,5,8H,3-4H2,(H,17,18)(H,19,20)(H2,15,16,21). The molecule has 0 heterocycles. The summed E-state index contributed by atoms with van der Waals surface area (Å²) in [5, 5.41) is 21.2. The second-order valence-corrected chi connectivity index (χ2v) is 4.05. The zero-order chi connectivity index (χ0) is 16.0. The van der Waals surface area contributed by atoms with Gasteiger partial charge in [0.2, 0.25) is 0 Å². The number of benzene rings is 1. The molecule has 0 spiro atoms. The molecular weight excluding hydrogens is 290 g/mol. The van der Waals surface area contributed by atoms with Gasteiger partial charge in [-0.3, -0.25) is 4.79 Å². The van der Waals surface area contributed by atoms with Gasteiger partial charge in [0.1, 0.15) is 17.7 Å². The van der Waals surface area contributed by atoms with Gasteiger partial charge in [-0.05, 0) is 18.6 Å². The number of halogens is 2. The molecular formula is C12H12F2N2O5. The van der Waals surface area contributed by atoms with Crippen molar-refractivity contribution in [2.24, 2.45) is 0 Å². The minimum absolute atomic E-state index is 0.344. The van der Waals surface area contributed by atoms with E-state index in [4.69, 9.17) is 10.2 Å². The van der Waals surface area contributed by atoms with Gasteiger partial charge >= 0.3 is 18.0 Å². The molecule has 0 saturated carbocycles. The highest BCUT2D eigenvalue weighted by molar-refractivity contribution is 5.92. The maximum Gasteiger partial charge on any atom is 0.326 e. The molecule has 4 N–H and O–H groups in total. The smallest absolute Gasteiger partial charge is 0.326 e. The van der Waals surface area contributed by atoms with Crippen LogP contribution in [-0.2, 0) is 9.59 Å². The van der Waals surface area contributed by atoms with Crippen LogP contribution in [0.5, 0.6) is 0 Å². The Morgan fingerprint density at radius 1 is 1.19 bits per heavy atom. The Balaban J connectivity index is 2.67. The van der Waals surface area contributed by atoms with Crippen molar-refractivity contribution in [3.8, 4) is 0 Å². The van der Waals surface area contributed by atoms with E-state index in [0.29, 0.717) is 0 Å². The number of amides is 2. The monoisotopic (exact) mass is 302 g/mol. The van der Waals surface area contributed by atoms with Crippen LogP contribution in [0.4, 0.5) is 19.3 Å². The summed E-state index contributed by atoms with van der Waals surface area (Å²) in [5.74, 6) is -4.35. The van der Waals surface area contributed by atoms with E-state index >= 15 is 0 Å². The molecule has 0 aliphatic carbocycles. The first-order valence-corrected chi connectivity index (χ1v) is 5.76. The Morgan fingerprint density at radius 3 is 2.43 bits per heavy atom. The number of hydrogen-bond acceptors (Lipinski definition) is 3. The number of urea groups is 1. The number of aliphatic carboxylic acids is 2. The maximum atomic E-state index is 13.3. The highest BCUT2D eigenvalue weighted by Crippen LogP contribution is 2.15. The number of hydrogen-bond donors (Lipinski definition) is 4. The molecule has 1 aromatic rings. The van der Waals surface area contributed by atoms with E-state index in [9.17, 15) is 23.2 Å². The van der Waals surface area contributed by atoms with Crippen molar-refractivity contribution in [2.75, 3.05) is 5.32 Å². The lowest BCUT2D eigenvalue weighted by Gasteiger charge is -2.14. The summed E-state index contributed by atoms with van der Waals surface area (Å²) in [6, 6.07) is -0.174. The van der Waals surface area contributed by atoms with E-state index in [1.54, 1.807) is 0 Å². The number of carbonyl (C=O) groups excluding carboxylic acids is 1. The summed E-state index contributed by atoms with van der Waals surface area (Å²) >= 11 is 0. The predicted octanol–water partition coefficient (Wildman–Crippen LogP) is 1.40. The van der Waals surface area contributed by atoms with Crippen molar-refractivity contribution in [2.45, 2.75) is 18.9 Å². The Morgan fingerprint density at radius 2 is 1.86 bits per heavy atom. The average Bonchev–Trinajstić information content (AvgIpc) is 2.38. The van der Waals surface area contributed by atoms with Crippen LogP contribution < -0.4 is 10.6 Å². The molecule has 1 atom stereocenters. The van der Waals surface area contributed by atoms with Crippen LogP contribution in [0, 0.1) is 11.6 Å². The van der Waals surface area contributed by atoms with Crippen LogP contribution in [0.2, 0.25) is 0 Å². The highest BCUT2D eigenvalue weighted by Gasteiger charge is 2.21. The second kappa shape index (κ2) is 7.17. The summed E-state index contributed by atoms with van der Waals surface area (Å²) < 4.78 is 26.2. The largest absolute Gasteiger partial charge is 0.481 e. The number of carboxylic acids is 2. The van der Waals surface area contributed by atoms with Gasteiger partial charge in [-0.25, -0.2) is 18.4 Å². The summed E-state index contributed by atoms with van der Waals surface area (Å²) in [4.78, 5) is 32.7. The van der Waals surface area contributed by atoms with Crippen LogP contribution in [0.15, 0.2) is 18.2 Å². The van der Waals surface area contributed by atoms with E-state index < -0.39 is 47.8 Å². The topological polar surface area (TPSA) is 116 Å². The summed E-state index contributed by atoms with van der Waals surface area (Å²) in [5.41, 5.74) is -0.463. The lowest BCUT2D eigenvalue weighted by Crippen LogP contribution is -2.43. The fourth-order valence-electron chi connectivity index (χ4n) is 1.44. The SMILES string of the molecule is O=C(O)CCC(NC(=O)Nc1cc(F)ccc1F)C(=O)O. The number of carboxylic acid groups (broad SMARTS) is 2. The molecule has 1 aromatic carbocycles. The minimum Gasteiger partial charge on any atom is -0.481 e. The van der Waals surface area contributed by atoms with Gasteiger partial charge in [0.15, 0.2) is 0 Å². The van der Waals surface area contributed by atoms with Crippen LogP contribution in [-0.4, -0.2) is 34.2 Å². The van der Waals surface area contributed by atoms with E-state index in [1.165, 1.54) is 0 Å². The molecule has 7 nitrogen and oxygen atoms in total. The number of nitrogens with one attached hydrogen (secondary N) is 2. The average molecular weight is 302 g/mol. The fourth-order valence-corrected chi connectivity index (χ4v) is 1.44. The molecule has 21 heavy (non-hydrogen) atoms. The summed E-state index contributed by atoms with van der Waals surface area (Å²) in [6.07, 6.45) is -0.810.